The van der Waals surface area contributed by atoms with E-state index in [0.29, 0.717) is 35.3 Å². The molecule has 172 valence electrons. The molecule has 2 aromatic carbocycles. The van der Waals surface area contributed by atoms with E-state index in [1.807, 2.05) is 32.9 Å². The molecule has 0 unspecified atom stereocenters. The van der Waals surface area contributed by atoms with E-state index < -0.39 is 16.1 Å². The molecule has 2 aromatic rings. The number of anilines is 1. The van der Waals surface area contributed by atoms with Gasteiger partial charge < -0.3 is 10.2 Å². The quantitative estimate of drug-likeness (QED) is 0.694. The molecule has 0 saturated carbocycles. The maximum atomic E-state index is 13.1. The van der Waals surface area contributed by atoms with Gasteiger partial charge >= 0.3 is 0 Å². The number of nitrogens with one attached hydrogen (secondary N) is 2. The first kappa shape index (κ1) is 23.8. The van der Waals surface area contributed by atoms with E-state index >= 15 is 0 Å². The monoisotopic (exact) mass is 457 g/mol. The van der Waals surface area contributed by atoms with Gasteiger partial charge in [-0.05, 0) is 76.8 Å². The standard InChI is InChI=1S/C24H31N3O4S/c1-15(2)25-23(28)21-10-7-11-27(21)24(29)19-8-6-9-20(14-19)26-32(30,31)22-17(4)12-16(3)13-18(22)5/h6,8-9,12-15,21,26H,7,10-11H2,1-5H3,(H,25,28)/t21-/m1/s1. The molecule has 0 aliphatic carbocycles. The van der Waals surface area contributed by atoms with Crippen LogP contribution < -0.4 is 10.0 Å². The molecular weight excluding hydrogens is 426 g/mol. The molecule has 0 aromatic heterocycles. The van der Waals surface area contributed by atoms with Crippen molar-refractivity contribution in [1.29, 1.82) is 0 Å². The van der Waals surface area contributed by atoms with Crippen LogP contribution in [0.2, 0.25) is 0 Å². The summed E-state index contributed by atoms with van der Waals surface area (Å²) in [4.78, 5) is 27.5. The highest BCUT2D eigenvalue weighted by Gasteiger charge is 2.34. The van der Waals surface area contributed by atoms with E-state index in [0.717, 1.165) is 12.0 Å². The Morgan fingerprint density at radius 1 is 1.06 bits per heavy atom. The summed E-state index contributed by atoms with van der Waals surface area (Å²) in [6.45, 7) is 9.71. The van der Waals surface area contributed by atoms with Gasteiger partial charge in [-0.15, -0.1) is 0 Å². The first-order valence-corrected chi connectivity index (χ1v) is 12.3. The number of amides is 2. The summed E-state index contributed by atoms with van der Waals surface area (Å²) < 4.78 is 28.8. The van der Waals surface area contributed by atoms with E-state index in [9.17, 15) is 18.0 Å². The molecule has 1 fully saturated rings. The summed E-state index contributed by atoms with van der Waals surface area (Å²) in [6, 6.07) is 9.55. The van der Waals surface area contributed by atoms with Crippen molar-refractivity contribution in [3.63, 3.8) is 0 Å². The van der Waals surface area contributed by atoms with Crippen LogP contribution >= 0.6 is 0 Å². The number of carbonyl (C=O) groups excluding carboxylic acids is 2. The minimum absolute atomic E-state index is 0.00789. The van der Waals surface area contributed by atoms with Gasteiger partial charge in [0.05, 0.1) is 4.90 Å². The summed E-state index contributed by atoms with van der Waals surface area (Å²) in [5.41, 5.74) is 2.97. The first-order valence-electron chi connectivity index (χ1n) is 10.8. The van der Waals surface area contributed by atoms with Gasteiger partial charge in [0.2, 0.25) is 5.91 Å². The molecule has 32 heavy (non-hydrogen) atoms. The Hall–Kier alpha value is -2.87. The Morgan fingerprint density at radius 3 is 2.34 bits per heavy atom. The summed E-state index contributed by atoms with van der Waals surface area (Å²) in [6.07, 6.45) is 1.36. The lowest BCUT2D eigenvalue weighted by atomic mass is 10.1. The second-order valence-corrected chi connectivity index (χ2v) is 10.4. The van der Waals surface area contributed by atoms with Gasteiger partial charge in [-0.25, -0.2) is 8.42 Å². The zero-order valence-corrected chi connectivity index (χ0v) is 20.0. The van der Waals surface area contributed by atoms with Crippen LogP contribution in [0.1, 0.15) is 53.7 Å². The van der Waals surface area contributed by atoms with Crippen LogP contribution in [0.25, 0.3) is 0 Å². The van der Waals surface area contributed by atoms with Crippen molar-refractivity contribution >= 4 is 27.5 Å². The fraction of sp³-hybridized carbons (Fsp3) is 0.417. The number of hydrogen-bond acceptors (Lipinski definition) is 4. The molecule has 1 atom stereocenters. The van der Waals surface area contributed by atoms with Crippen LogP contribution in [0.15, 0.2) is 41.3 Å². The van der Waals surface area contributed by atoms with Crippen LogP contribution in [0.5, 0.6) is 0 Å². The zero-order chi connectivity index (χ0) is 23.6. The topological polar surface area (TPSA) is 95.6 Å². The molecule has 1 aliphatic heterocycles. The lowest BCUT2D eigenvalue weighted by Crippen LogP contribution is -2.47. The highest BCUT2D eigenvalue weighted by molar-refractivity contribution is 7.92. The normalized spacial score (nSPS) is 16.3. The van der Waals surface area contributed by atoms with Crippen molar-refractivity contribution in [2.45, 2.75) is 64.4 Å². The highest BCUT2D eigenvalue weighted by atomic mass is 32.2. The average molecular weight is 458 g/mol. The number of likely N-dealkylation sites (tertiary alicyclic amines) is 1. The van der Waals surface area contributed by atoms with Crippen molar-refractivity contribution in [3.05, 3.63) is 58.7 Å². The Bertz CT molecular complexity index is 1120. The molecule has 0 bridgehead atoms. The lowest BCUT2D eigenvalue weighted by molar-refractivity contribution is -0.125. The number of hydrogen-bond donors (Lipinski definition) is 2. The fourth-order valence-corrected chi connectivity index (χ4v) is 5.85. The SMILES string of the molecule is Cc1cc(C)c(S(=O)(=O)Nc2cccc(C(=O)N3CCC[C@@H]3C(=O)NC(C)C)c2)c(C)c1. The third kappa shape index (κ3) is 5.12. The third-order valence-corrected chi connectivity index (χ3v) is 7.17. The molecule has 0 spiro atoms. The van der Waals surface area contributed by atoms with Gasteiger partial charge in [0, 0.05) is 23.8 Å². The van der Waals surface area contributed by atoms with Crippen molar-refractivity contribution in [3.8, 4) is 0 Å². The first-order chi connectivity index (χ1) is 15.0. The number of benzene rings is 2. The van der Waals surface area contributed by atoms with Gasteiger partial charge in [0.25, 0.3) is 15.9 Å². The molecule has 8 heteroatoms. The van der Waals surface area contributed by atoms with Crippen LogP contribution in [0.3, 0.4) is 0 Å². The number of rotatable bonds is 6. The van der Waals surface area contributed by atoms with E-state index in [1.54, 1.807) is 36.9 Å². The number of aryl methyl sites for hydroxylation is 3. The summed E-state index contributed by atoms with van der Waals surface area (Å²) in [5, 5.41) is 2.87. The largest absolute Gasteiger partial charge is 0.352 e. The van der Waals surface area contributed by atoms with Crippen molar-refractivity contribution < 1.29 is 18.0 Å². The maximum absolute atomic E-state index is 13.1. The van der Waals surface area contributed by atoms with Crippen LogP contribution in [-0.4, -0.2) is 43.8 Å². The van der Waals surface area contributed by atoms with Crippen LogP contribution in [0.4, 0.5) is 5.69 Å². The molecule has 2 amide bonds. The van der Waals surface area contributed by atoms with Crippen molar-refractivity contribution in [2.75, 3.05) is 11.3 Å². The van der Waals surface area contributed by atoms with Gasteiger partial charge in [-0.2, -0.15) is 0 Å². The van der Waals surface area contributed by atoms with Crippen molar-refractivity contribution in [2.24, 2.45) is 0 Å². The van der Waals surface area contributed by atoms with Gasteiger partial charge in [0.15, 0.2) is 0 Å². The molecule has 1 aliphatic rings. The predicted octanol–water partition coefficient (Wildman–Crippen LogP) is 3.54. The zero-order valence-electron chi connectivity index (χ0n) is 19.2. The lowest BCUT2D eigenvalue weighted by Gasteiger charge is -2.25. The summed E-state index contributed by atoms with van der Waals surface area (Å²) in [7, 11) is -3.83. The molecule has 0 radical (unpaired) electrons. The maximum Gasteiger partial charge on any atom is 0.262 e. The Balaban J connectivity index is 1.84. The number of sulfonamides is 1. The van der Waals surface area contributed by atoms with Gasteiger partial charge in [-0.3, -0.25) is 14.3 Å². The van der Waals surface area contributed by atoms with E-state index in [2.05, 4.69) is 10.0 Å². The molecule has 3 rings (SSSR count). The Labute approximate surface area is 190 Å². The highest BCUT2D eigenvalue weighted by Crippen LogP contribution is 2.26. The predicted molar refractivity (Wildman–Crippen MR) is 125 cm³/mol. The minimum Gasteiger partial charge on any atom is -0.352 e. The Morgan fingerprint density at radius 2 is 1.72 bits per heavy atom. The fourth-order valence-electron chi connectivity index (χ4n) is 4.34. The smallest absolute Gasteiger partial charge is 0.262 e. The van der Waals surface area contributed by atoms with Gasteiger partial charge in [0.1, 0.15) is 6.04 Å². The second-order valence-electron chi connectivity index (χ2n) is 8.73. The molecule has 7 nitrogen and oxygen atoms in total. The molecule has 2 N–H and O–H groups in total. The summed E-state index contributed by atoms with van der Waals surface area (Å²) in [5.74, 6) is -0.442. The van der Waals surface area contributed by atoms with Crippen molar-refractivity contribution in [1.82, 2.24) is 10.2 Å². The Kier molecular flexibility index (Phi) is 6.93. The summed E-state index contributed by atoms with van der Waals surface area (Å²) >= 11 is 0. The molecule has 1 heterocycles. The number of nitrogens with zero attached hydrogens (tertiary/aromatic N) is 1. The van der Waals surface area contributed by atoms with E-state index in [1.165, 1.54) is 6.07 Å². The average Bonchev–Trinajstić information content (AvgIpc) is 3.15. The third-order valence-electron chi connectivity index (χ3n) is 5.48. The molecule has 1 saturated heterocycles. The van der Waals surface area contributed by atoms with Gasteiger partial charge in [-0.1, -0.05) is 23.8 Å². The number of carbonyl (C=O) groups is 2. The molecular formula is C24H31N3O4S. The minimum atomic E-state index is -3.83. The van der Waals surface area contributed by atoms with Crippen LogP contribution in [0, 0.1) is 20.8 Å². The van der Waals surface area contributed by atoms with E-state index in [4.69, 9.17) is 0 Å². The second kappa shape index (κ2) is 9.32. The van der Waals surface area contributed by atoms with Crippen LogP contribution in [-0.2, 0) is 14.8 Å². The van der Waals surface area contributed by atoms with E-state index in [-0.39, 0.29) is 22.8 Å².